The van der Waals surface area contributed by atoms with Crippen LogP contribution in [0.2, 0.25) is 0 Å². The molecule has 0 spiro atoms. The zero-order valence-electron chi connectivity index (χ0n) is 9.50. The number of aromatic nitrogens is 1. The molecule has 3 N–H and O–H groups in total. The molecule has 17 heavy (non-hydrogen) atoms. The first-order valence-electron chi connectivity index (χ1n) is 5.32. The summed E-state index contributed by atoms with van der Waals surface area (Å²) >= 11 is 1.40. The number of nitrogens with two attached hydrogens (primary N) is 1. The molecule has 0 bridgehead atoms. The molecule has 1 aromatic rings. The molecule has 0 saturated carbocycles. The van der Waals surface area contributed by atoms with E-state index in [4.69, 9.17) is 15.6 Å². The van der Waals surface area contributed by atoms with Crippen molar-refractivity contribution in [3.63, 3.8) is 0 Å². The van der Waals surface area contributed by atoms with Gasteiger partial charge in [-0.1, -0.05) is 0 Å². The van der Waals surface area contributed by atoms with Crippen molar-refractivity contribution >= 4 is 17.3 Å². The molecule has 6 nitrogen and oxygen atoms in total. The maximum atomic E-state index is 10.7. The number of carboxylic acid groups (broad SMARTS) is 1. The summed E-state index contributed by atoms with van der Waals surface area (Å²) in [6.45, 7) is 2.35. The minimum atomic E-state index is -1.07. The van der Waals surface area contributed by atoms with Crippen LogP contribution in [-0.4, -0.2) is 47.7 Å². The Kier molecular flexibility index (Phi) is 3.72. The van der Waals surface area contributed by atoms with Crippen LogP contribution in [0.25, 0.3) is 0 Å². The van der Waals surface area contributed by atoms with E-state index in [0.29, 0.717) is 12.3 Å². The molecule has 1 aliphatic heterocycles. The van der Waals surface area contributed by atoms with Gasteiger partial charge in [0, 0.05) is 18.5 Å². The Bertz CT molecular complexity index is 409. The third-order valence-electron chi connectivity index (χ3n) is 2.67. The van der Waals surface area contributed by atoms with Crippen molar-refractivity contribution in [3.05, 3.63) is 16.1 Å². The molecule has 2 heterocycles. The maximum Gasteiger partial charge on any atom is 0.326 e. The molecule has 0 aromatic carbocycles. The number of aliphatic carboxylic acids is 1. The molecular weight excluding hydrogens is 242 g/mol. The molecular formula is C10H15N3O3S. The molecule has 0 amide bonds. The second-order valence-electron chi connectivity index (χ2n) is 4.05. The van der Waals surface area contributed by atoms with Crippen LogP contribution in [0.1, 0.15) is 22.8 Å². The topological polar surface area (TPSA) is 88.7 Å². The van der Waals surface area contributed by atoms with E-state index in [-0.39, 0.29) is 6.10 Å². The molecule has 1 aliphatic rings. The van der Waals surface area contributed by atoms with Crippen LogP contribution in [0.15, 0.2) is 5.38 Å². The third-order valence-corrected chi connectivity index (χ3v) is 3.62. The first-order chi connectivity index (χ1) is 8.08. The largest absolute Gasteiger partial charge is 0.480 e. The van der Waals surface area contributed by atoms with Crippen molar-refractivity contribution in [1.29, 1.82) is 0 Å². The summed E-state index contributed by atoms with van der Waals surface area (Å²) in [5.41, 5.74) is 5.90. The van der Waals surface area contributed by atoms with Crippen molar-refractivity contribution < 1.29 is 14.6 Å². The Balaban J connectivity index is 2.09. The van der Waals surface area contributed by atoms with E-state index in [1.54, 1.807) is 5.38 Å². The number of carboxylic acids is 1. The molecule has 1 saturated heterocycles. The predicted octanol–water partition coefficient (Wildman–Crippen LogP) is 0.231. The highest BCUT2D eigenvalue weighted by Crippen LogP contribution is 2.26. The van der Waals surface area contributed by atoms with Crippen LogP contribution in [0.5, 0.6) is 0 Å². The minimum absolute atomic E-state index is 0.0755. The van der Waals surface area contributed by atoms with Gasteiger partial charge >= 0.3 is 5.97 Å². The second kappa shape index (κ2) is 5.09. The molecule has 7 heteroatoms. The number of carbonyl (C=O) groups is 1. The number of rotatable bonds is 3. The number of hydrogen-bond donors (Lipinski definition) is 2. The molecule has 2 unspecified atom stereocenters. The van der Waals surface area contributed by atoms with E-state index < -0.39 is 12.0 Å². The first-order valence-corrected chi connectivity index (χ1v) is 6.19. The Morgan fingerprint density at radius 1 is 1.82 bits per heavy atom. The smallest absolute Gasteiger partial charge is 0.326 e. The lowest BCUT2D eigenvalue weighted by molar-refractivity contribution is -0.138. The van der Waals surface area contributed by atoms with Gasteiger partial charge in [-0.15, -0.1) is 11.3 Å². The summed E-state index contributed by atoms with van der Waals surface area (Å²) in [5, 5.41) is 11.3. The lowest BCUT2D eigenvalue weighted by Gasteiger charge is -2.28. The molecule has 1 aromatic heterocycles. The van der Waals surface area contributed by atoms with Gasteiger partial charge in [0.15, 0.2) is 0 Å². The molecule has 2 rings (SSSR count). The van der Waals surface area contributed by atoms with Gasteiger partial charge in [0.25, 0.3) is 0 Å². The van der Waals surface area contributed by atoms with Crippen molar-refractivity contribution in [3.8, 4) is 0 Å². The van der Waals surface area contributed by atoms with Crippen LogP contribution in [0, 0.1) is 0 Å². The van der Waals surface area contributed by atoms with Gasteiger partial charge in [0.1, 0.15) is 17.2 Å². The standard InChI is InChI=1S/C10H15N3O3S/c1-13-2-3-16-7(4-13)9-12-6(5-17-9)8(11)10(14)15/h5,7-8H,2-4,11H2,1H3,(H,14,15). The Morgan fingerprint density at radius 3 is 3.24 bits per heavy atom. The normalized spacial score (nSPS) is 23.5. The number of thiazole rings is 1. The Hall–Kier alpha value is -1.02. The summed E-state index contributed by atoms with van der Waals surface area (Å²) in [5.74, 6) is -1.07. The fraction of sp³-hybridized carbons (Fsp3) is 0.600. The molecule has 2 atom stereocenters. The quantitative estimate of drug-likeness (QED) is 0.806. The number of nitrogens with zero attached hydrogens (tertiary/aromatic N) is 2. The van der Waals surface area contributed by atoms with E-state index in [0.717, 1.165) is 18.1 Å². The zero-order chi connectivity index (χ0) is 12.4. The van der Waals surface area contributed by atoms with Gasteiger partial charge in [-0.05, 0) is 7.05 Å². The predicted molar refractivity (Wildman–Crippen MR) is 62.9 cm³/mol. The van der Waals surface area contributed by atoms with Crippen LogP contribution < -0.4 is 5.73 Å². The summed E-state index contributed by atoms with van der Waals surface area (Å²) < 4.78 is 5.61. The number of hydrogen-bond acceptors (Lipinski definition) is 6. The lowest BCUT2D eigenvalue weighted by Crippen LogP contribution is -2.35. The van der Waals surface area contributed by atoms with E-state index >= 15 is 0 Å². The SMILES string of the molecule is CN1CCOC(c2nc(C(N)C(=O)O)cs2)C1. The number of likely N-dealkylation sites (N-methyl/N-ethyl adjacent to an activating group) is 1. The Labute approximate surface area is 103 Å². The zero-order valence-corrected chi connectivity index (χ0v) is 10.3. The van der Waals surface area contributed by atoms with Crippen LogP contribution in [0.3, 0.4) is 0 Å². The van der Waals surface area contributed by atoms with Gasteiger partial charge in [-0.25, -0.2) is 4.98 Å². The van der Waals surface area contributed by atoms with Crippen molar-refractivity contribution in [1.82, 2.24) is 9.88 Å². The third kappa shape index (κ3) is 2.81. The van der Waals surface area contributed by atoms with Crippen LogP contribution in [-0.2, 0) is 9.53 Å². The summed E-state index contributed by atoms with van der Waals surface area (Å²) in [6.07, 6.45) is -0.0755. The molecule has 0 radical (unpaired) electrons. The fourth-order valence-corrected chi connectivity index (χ4v) is 2.54. The van der Waals surface area contributed by atoms with Crippen LogP contribution in [0.4, 0.5) is 0 Å². The van der Waals surface area contributed by atoms with Gasteiger partial charge in [0.2, 0.25) is 0 Å². The maximum absolute atomic E-state index is 10.7. The Morgan fingerprint density at radius 2 is 2.59 bits per heavy atom. The van der Waals surface area contributed by atoms with Gasteiger partial charge in [-0.2, -0.15) is 0 Å². The molecule has 0 aliphatic carbocycles. The van der Waals surface area contributed by atoms with Crippen molar-refractivity contribution in [2.24, 2.45) is 5.73 Å². The summed E-state index contributed by atoms with van der Waals surface area (Å²) in [6, 6.07) is -1.05. The molecule has 1 fully saturated rings. The lowest BCUT2D eigenvalue weighted by atomic mass is 10.2. The van der Waals surface area contributed by atoms with Gasteiger partial charge in [0.05, 0.1) is 12.3 Å². The summed E-state index contributed by atoms with van der Waals surface area (Å²) in [7, 11) is 2.02. The average Bonchev–Trinajstić information content (AvgIpc) is 2.77. The highest BCUT2D eigenvalue weighted by atomic mass is 32.1. The minimum Gasteiger partial charge on any atom is -0.480 e. The van der Waals surface area contributed by atoms with Crippen molar-refractivity contribution in [2.45, 2.75) is 12.1 Å². The van der Waals surface area contributed by atoms with Crippen LogP contribution >= 0.6 is 11.3 Å². The average molecular weight is 257 g/mol. The van der Waals surface area contributed by atoms with E-state index in [1.165, 1.54) is 11.3 Å². The fourth-order valence-electron chi connectivity index (χ4n) is 1.65. The number of ether oxygens (including phenoxy) is 1. The van der Waals surface area contributed by atoms with E-state index in [9.17, 15) is 4.79 Å². The van der Waals surface area contributed by atoms with E-state index in [2.05, 4.69) is 9.88 Å². The first kappa shape index (κ1) is 12.4. The molecule has 94 valence electrons. The number of morpholine rings is 1. The van der Waals surface area contributed by atoms with Gasteiger partial charge in [-0.3, -0.25) is 4.79 Å². The second-order valence-corrected chi connectivity index (χ2v) is 4.94. The monoisotopic (exact) mass is 257 g/mol. The summed E-state index contributed by atoms with van der Waals surface area (Å²) in [4.78, 5) is 17.1. The van der Waals surface area contributed by atoms with Gasteiger partial charge < -0.3 is 20.5 Å². The highest BCUT2D eigenvalue weighted by Gasteiger charge is 2.24. The van der Waals surface area contributed by atoms with E-state index in [1.807, 2.05) is 7.05 Å². The highest BCUT2D eigenvalue weighted by molar-refractivity contribution is 7.09. The van der Waals surface area contributed by atoms with Crippen molar-refractivity contribution in [2.75, 3.05) is 26.7 Å².